The van der Waals surface area contributed by atoms with Crippen LogP contribution in [0, 0.1) is 0 Å². The van der Waals surface area contributed by atoms with Gasteiger partial charge in [0.25, 0.3) is 0 Å². The predicted octanol–water partition coefficient (Wildman–Crippen LogP) is 1.96. The summed E-state index contributed by atoms with van der Waals surface area (Å²) in [5.74, 6) is 0.459. The number of nitrogens with two attached hydrogens (primary N) is 1. The Balaban J connectivity index is 2.06. The van der Waals surface area contributed by atoms with Crippen LogP contribution in [0.1, 0.15) is 18.4 Å². The van der Waals surface area contributed by atoms with Crippen LogP contribution in [0.2, 0.25) is 5.02 Å². The van der Waals surface area contributed by atoms with Gasteiger partial charge in [-0.1, -0.05) is 23.8 Å². The second kappa shape index (κ2) is 5.64. The first-order valence-electron chi connectivity index (χ1n) is 5.94. The molecule has 0 spiro atoms. The molecule has 1 aliphatic heterocycles. The average Bonchev–Trinajstić information content (AvgIpc) is 2.34. The minimum atomic E-state index is -2.84. The van der Waals surface area contributed by atoms with Crippen LogP contribution in [-0.4, -0.2) is 31.0 Å². The Labute approximate surface area is 123 Å². The van der Waals surface area contributed by atoms with Crippen molar-refractivity contribution in [2.24, 2.45) is 5.73 Å². The molecular weight excluding hydrogens is 304 g/mol. The van der Waals surface area contributed by atoms with Gasteiger partial charge in [-0.15, -0.1) is 0 Å². The minimum absolute atomic E-state index is 0.136. The van der Waals surface area contributed by atoms with Crippen LogP contribution in [0.4, 0.5) is 5.69 Å². The molecule has 0 saturated carbocycles. The topological polar surface area (TPSA) is 72.2 Å². The Morgan fingerprint density at radius 3 is 2.53 bits per heavy atom. The van der Waals surface area contributed by atoms with Gasteiger partial charge in [0.05, 0.1) is 22.2 Å². The van der Waals surface area contributed by atoms with Crippen molar-refractivity contribution in [2.45, 2.75) is 18.9 Å². The molecule has 0 aromatic heterocycles. The lowest BCUT2D eigenvalue weighted by atomic mass is 10.1. The average molecular weight is 319 g/mol. The second-order valence-corrected chi connectivity index (χ2v) is 7.78. The molecule has 0 unspecified atom stereocenters. The van der Waals surface area contributed by atoms with Crippen molar-refractivity contribution >= 4 is 44.3 Å². The summed E-state index contributed by atoms with van der Waals surface area (Å²) in [6.45, 7) is 0. The summed E-state index contributed by atoms with van der Waals surface area (Å²) in [5, 5.41) is 3.81. The number of anilines is 1. The van der Waals surface area contributed by atoms with E-state index in [2.05, 4.69) is 5.32 Å². The Morgan fingerprint density at radius 2 is 2.00 bits per heavy atom. The van der Waals surface area contributed by atoms with Crippen LogP contribution < -0.4 is 11.1 Å². The Bertz CT molecular complexity index is 588. The number of hydrogen-bond donors (Lipinski definition) is 2. The van der Waals surface area contributed by atoms with E-state index in [0.717, 1.165) is 11.3 Å². The van der Waals surface area contributed by atoms with Gasteiger partial charge in [0.15, 0.2) is 0 Å². The molecule has 7 heteroatoms. The lowest BCUT2D eigenvalue weighted by Gasteiger charge is -2.24. The zero-order chi connectivity index (χ0) is 14.0. The number of halogens is 1. The summed E-state index contributed by atoms with van der Waals surface area (Å²) in [6.07, 6.45) is 1.21. The normalized spacial score (nSPS) is 19.0. The predicted molar refractivity (Wildman–Crippen MR) is 82.6 cm³/mol. The summed E-state index contributed by atoms with van der Waals surface area (Å²) in [5.41, 5.74) is 7.04. The third-order valence-electron chi connectivity index (χ3n) is 3.17. The quantitative estimate of drug-likeness (QED) is 0.834. The first-order chi connectivity index (χ1) is 8.87. The van der Waals surface area contributed by atoms with Crippen molar-refractivity contribution in [3.05, 3.63) is 28.8 Å². The van der Waals surface area contributed by atoms with Crippen molar-refractivity contribution in [2.75, 3.05) is 16.8 Å². The fourth-order valence-corrected chi connectivity index (χ4v) is 3.89. The summed E-state index contributed by atoms with van der Waals surface area (Å²) in [7, 11) is -2.84. The second-order valence-electron chi connectivity index (χ2n) is 4.63. The lowest BCUT2D eigenvalue weighted by molar-refractivity contribution is 0.559. The highest BCUT2D eigenvalue weighted by atomic mass is 35.5. The van der Waals surface area contributed by atoms with Gasteiger partial charge in [-0.3, -0.25) is 0 Å². The molecular formula is C12H15ClN2O2S2. The maximum atomic E-state index is 11.4. The maximum Gasteiger partial charge on any atom is 0.150 e. The molecule has 19 heavy (non-hydrogen) atoms. The number of nitrogens with one attached hydrogen (secondary N) is 1. The monoisotopic (exact) mass is 318 g/mol. The first-order valence-corrected chi connectivity index (χ1v) is 8.54. The molecule has 0 bridgehead atoms. The molecule has 0 aliphatic carbocycles. The van der Waals surface area contributed by atoms with Crippen LogP contribution in [-0.2, 0) is 9.84 Å². The van der Waals surface area contributed by atoms with Gasteiger partial charge < -0.3 is 11.1 Å². The van der Waals surface area contributed by atoms with E-state index in [4.69, 9.17) is 29.6 Å². The van der Waals surface area contributed by atoms with E-state index in [-0.39, 0.29) is 17.5 Å². The van der Waals surface area contributed by atoms with Crippen LogP contribution in [0.5, 0.6) is 0 Å². The zero-order valence-corrected chi connectivity index (χ0v) is 12.6. The van der Waals surface area contributed by atoms with Gasteiger partial charge in [-0.25, -0.2) is 8.42 Å². The van der Waals surface area contributed by atoms with E-state index < -0.39 is 9.84 Å². The number of hydrogen-bond acceptors (Lipinski definition) is 4. The molecule has 0 atom stereocenters. The van der Waals surface area contributed by atoms with E-state index >= 15 is 0 Å². The Kier molecular flexibility index (Phi) is 4.32. The smallest absolute Gasteiger partial charge is 0.150 e. The molecule has 0 amide bonds. The Hall–Kier alpha value is -0.850. The summed E-state index contributed by atoms with van der Waals surface area (Å²) in [4.78, 5) is 0.303. The van der Waals surface area contributed by atoms with Gasteiger partial charge in [-0.2, -0.15) is 0 Å². The highest BCUT2D eigenvalue weighted by molar-refractivity contribution is 7.91. The molecule has 4 nitrogen and oxygen atoms in total. The standard InChI is InChI=1S/C12H15ClN2O2S2/c13-10-7-8(12(14)18)1-2-11(10)15-9-3-5-19(16,17)6-4-9/h1-2,7,9,15H,3-6H2,(H2,14,18). The van der Waals surface area contributed by atoms with Crippen LogP contribution >= 0.6 is 23.8 Å². The summed E-state index contributed by atoms with van der Waals surface area (Å²) in [6, 6.07) is 5.47. The molecule has 1 aromatic carbocycles. The molecule has 2 rings (SSSR count). The SMILES string of the molecule is NC(=S)c1ccc(NC2CCS(=O)(=O)CC2)c(Cl)c1. The summed E-state index contributed by atoms with van der Waals surface area (Å²) >= 11 is 11.0. The van der Waals surface area contributed by atoms with Crippen molar-refractivity contribution in [3.8, 4) is 0 Å². The van der Waals surface area contributed by atoms with Crippen molar-refractivity contribution in [1.82, 2.24) is 0 Å². The number of rotatable bonds is 3. The van der Waals surface area contributed by atoms with Crippen LogP contribution in [0.25, 0.3) is 0 Å². The third kappa shape index (κ3) is 3.81. The maximum absolute atomic E-state index is 11.4. The summed E-state index contributed by atoms with van der Waals surface area (Å²) < 4.78 is 22.7. The van der Waals surface area contributed by atoms with Crippen molar-refractivity contribution < 1.29 is 8.42 Å². The number of sulfone groups is 1. The molecule has 1 aromatic rings. The lowest BCUT2D eigenvalue weighted by Crippen LogP contribution is -2.32. The minimum Gasteiger partial charge on any atom is -0.389 e. The van der Waals surface area contributed by atoms with Crippen molar-refractivity contribution in [1.29, 1.82) is 0 Å². The highest BCUT2D eigenvalue weighted by Crippen LogP contribution is 2.26. The first kappa shape index (κ1) is 14.6. The Morgan fingerprint density at radius 1 is 1.37 bits per heavy atom. The molecule has 1 aliphatic rings. The largest absolute Gasteiger partial charge is 0.389 e. The van der Waals surface area contributed by atoms with E-state index in [1.165, 1.54) is 0 Å². The molecule has 104 valence electrons. The van der Waals surface area contributed by atoms with Crippen LogP contribution in [0.3, 0.4) is 0 Å². The van der Waals surface area contributed by atoms with E-state index in [9.17, 15) is 8.42 Å². The molecule has 1 heterocycles. The van der Waals surface area contributed by atoms with Crippen LogP contribution in [0.15, 0.2) is 18.2 Å². The number of thiocarbonyl (C=S) groups is 1. The van der Waals surface area contributed by atoms with E-state index in [0.29, 0.717) is 22.9 Å². The fraction of sp³-hybridized carbons (Fsp3) is 0.417. The van der Waals surface area contributed by atoms with E-state index in [1.54, 1.807) is 12.1 Å². The number of benzene rings is 1. The van der Waals surface area contributed by atoms with E-state index in [1.807, 2.05) is 6.07 Å². The van der Waals surface area contributed by atoms with Gasteiger partial charge in [0.2, 0.25) is 0 Å². The van der Waals surface area contributed by atoms with Gasteiger partial charge >= 0.3 is 0 Å². The fourth-order valence-electron chi connectivity index (χ4n) is 2.04. The highest BCUT2D eigenvalue weighted by Gasteiger charge is 2.23. The zero-order valence-electron chi connectivity index (χ0n) is 10.2. The van der Waals surface area contributed by atoms with Gasteiger partial charge in [0, 0.05) is 11.6 Å². The molecule has 1 saturated heterocycles. The molecule has 3 N–H and O–H groups in total. The van der Waals surface area contributed by atoms with Gasteiger partial charge in [-0.05, 0) is 31.0 Å². The molecule has 1 fully saturated rings. The third-order valence-corrected chi connectivity index (χ3v) is 5.43. The van der Waals surface area contributed by atoms with Crippen molar-refractivity contribution in [3.63, 3.8) is 0 Å². The molecule has 0 radical (unpaired) electrons. The van der Waals surface area contributed by atoms with Gasteiger partial charge in [0.1, 0.15) is 14.8 Å².